The first kappa shape index (κ1) is 17.9. The molecule has 1 atom stereocenters. The van der Waals surface area contributed by atoms with Gasteiger partial charge in [0.05, 0.1) is 18.1 Å². The van der Waals surface area contributed by atoms with Crippen molar-refractivity contribution in [1.82, 2.24) is 5.32 Å². The Hall–Kier alpha value is -1.14. The average molecular weight is 275 g/mol. The van der Waals surface area contributed by atoms with Crippen molar-refractivity contribution in [2.75, 3.05) is 19.8 Å². The summed E-state index contributed by atoms with van der Waals surface area (Å²) in [5, 5.41) is 20.2. The zero-order chi connectivity index (χ0) is 14.9. The smallest absolute Gasteiger partial charge is 0.306 e. The molecule has 1 unspecified atom stereocenters. The van der Waals surface area contributed by atoms with Gasteiger partial charge in [0.25, 0.3) is 0 Å². The predicted molar refractivity (Wildman–Crippen MR) is 70.8 cm³/mol. The van der Waals surface area contributed by atoms with E-state index in [-0.39, 0.29) is 18.9 Å². The van der Waals surface area contributed by atoms with Crippen LogP contribution < -0.4 is 5.32 Å². The molecule has 0 aromatic heterocycles. The van der Waals surface area contributed by atoms with Crippen molar-refractivity contribution in [2.45, 2.75) is 45.6 Å². The second-order valence-corrected chi connectivity index (χ2v) is 5.21. The summed E-state index contributed by atoms with van der Waals surface area (Å²) in [4.78, 5) is 22.0. The van der Waals surface area contributed by atoms with E-state index in [1.165, 1.54) is 0 Å². The number of rotatable bonds is 10. The minimum atomic E-state index is -0.887. The first-order valence-electron chi connectivity index (χ1n) is 6.53. The molecule has 0 aromatic rings. The summed E-state index contributed by atoms with van der Waals surface area (Å²) in [6.45, 7) is 6.14. The predicted octanol–water partition coefficient (Wildman–Crippen LogP) is 0.781. The minimum Gasteiger partial charge on any atom is -0.481 e. The SMILES string of the molecule is CC(CCC(=O)NCCOC(C)(C)CCO)C(=O)O. The first-order chi connectivity index (χ1) is 8.78. The summed E-state index contributed by atoms with van der Waals surface area (Å²) in [6.07, 6.45) is 1.07. The molecule has 19 heavy (non-hydrogen) atoms. The monoisotopic (exact) mass is 275 g/mol. The third-order valence-electron chi connectivity index (χ3n) is 2.86. The summed E-state index contributed by atoms with van der Waals surface area (Å²) >= 11 is 0. The average Bonchev–Trinajstić information content (AvgIpc) is 2.31. The summed E-state index contributed by atoms with van der Waals surface area (Å²) in [6, 6.07) is 0. The highest BCUT2D eigenvalue weighted by atomic mass is 16.5. The Kier molecular flexibility index (Phi) is 8.34. The number of hydrogen-bond donors (Lipinski definition) is 3. The lowest BCUT2D eigenvalue weighted by atomic mass is 10.1. The molecular weight excluding hydrogens is 250 g/mol. The highest BCUT2D eigenvalue weighted by Gasteiger charge is 2.17. The number of amides is 1. The second kappa shape index (κ2) is 8.87. The molecule has 3 N–H and O–H groups in total. The quantitative estimate of drug-likeness (QED) is 0.512. The van der Waals surface area contributed by atoms with Gasteiger partial charge in [0.1, 0.15) is 0 Å². The van der Waals surface area contributed by atoms with E-state index < -0.39 is 17.5 Å². The molecule has 0 bridgehead atoms. The van der Waals surface area contributed by atoms with E-state index in [1.54, 1.807) is 6.92 Å². The fraction of sp³-hybridized carbons (Fsp3) is 0.846. The van der Waals surface area contributed by atoms with Gasteiger partial charge in [0.15, 0.2) is 0 Å². The van der Waals surface area contributed by atoms with Crippen LogP contribution in [0.5, 0.6) is 0 Å². The van der Waals surface area contributed by atoms with Crippen LogP contribution in [0.4, 0.5) is 0 Å². The maximum Gasteiger partial charge on any atom is 0.306 e. The van der Waals surface area contributed by atoms with Crippen LogP contribution in [0, 0.1) is 5.92 Å². The molecule has 0 aliphatic rings. The zero-order valence-corrected chi connectivity index (χ0v) is 11.9. The topological polar surface area (TPSA) is 95.9 Å². The van der Waals surface area contributed by atoms with E-state index >= 15 is 0 Å². The molecule has 0 aliphatic carbocycles. The standard InChI is InChI=1S/C13H25NO5/c1-10(12(17)18)4-5-11(16)14-7-9-19-13(2,3)6-8-15/h10,15H,4-9H2,1-3H3,(H,14,16)(H,17,18). The van der Waals surface area contributed by atoms with E-state index in [0.29, 0.717) is 26.0 Å². The van der Waals surface area contributed by atoms with Gasteiger partial charge in [-0.05, 0) is 26.7 Å². The van der Waals surface area contributed by atoms with Crippen LogP contribution in [0.3, 0.4) is 0 Å². The lowest BCUT2D eigenvalue weighted by Crippen LogP contribution is -2.32. The van der Waals surface area contributed by atoms with Gasteiger partial charge in [-0.1, -0.05) is 6.92 Å². The van der Waals surface area contributed by atoms with Gasteiger partial charge >= 0.3 is 5.97 Å². The highest BCUT2D eigenvalue weighted by molar-refractivity contribution is 5.77. The number of nitrogens with one attached hydrogen (secondary N) is 1. The number of aliphatic hydroxyl groups excluding tert-OH is 1. The van der Waals surface area contributed by atoms with Crippen molar-refractivity contribution in [3.05, 3.63) is 0 Å². The summed E-state index contributed by atoms with van der Waals surface area (Å²) in [5.41, 5.74) is -0.405. The normalized spacial score (nSPS) is 13.1. The minimum absolute atomic E-state index is 0.0619. The third-order valence-corrected chi connectivity index (χ3v) is 2.86. The molecular formula is C13H25NO5. The summed E-state index contributed by atoms with van der Waals surface area (Å²) in [5.74, 6) is -1.57. The van der Waals surface area contributed by atoms with Gasteiger partial charge < -0.3 is 20.3 Å². The van der Waals surface area contributed by atoms with Crippen LogP contribution >= 0.6 is 0 Å². The lowest BCUT2D eigenvalue weighted by molar-refractivity contribution is -0.141. The number of aliphatic hydroxyl groups is 1. The molecule has 0 aliphatic heterocycles. The molecule has 6 heteroatoms. The number of carboxylic acid groups (broad SMARTS) is 1. The van der Waals surface area contributed by atoms with Crippen LogP contribution in [-0.2, 0) is 14.3 Å². The van der Waals surface area contributed by atoms with E-state index in [0.717, 1.165) is 0 Å². The van der Waals surface area contributed by atoms with Crippen molar-refractivity contribution in [2.24, 2.45) is 5.92 Å². The lowest BCUT2D eigenvalue weighted by Gasteiger charge is -2.24. The molecule has 0 heterocycles. The van der Waals surface area contributed by atoms with Gasteiger partial charge in [-0.2, -0.15) is 0 Å². The molecule has 1 amide bonds. The molecule has 0 spiro atoms. The molecule has 0 rings (SSSR count). The van der Waals surface area contributed by atoms with Crippen molar-refractivity contribution in [3.63, 3.8) is 0 Å². The molecule has 0 fully saturated rings. The number of ether oxygens (including phenoxy) is 1. The summed E-state index contributed by atoms with van der Waals surface area (Å²) < 4.78 is 5.52. The number of carbonyl (C=O) groups excluding carboxylic acids is 1. The van der Waals surface area contributed by atoms with Crippen molar-refractivity contribution in [3.8, 4) is 0 Å². The maximum atomic E-state index is 11.4. The Morgan fingerprint density at radius 2 is 2.00 bits per heavy atom. The second-order valence-electron chi connectivity index (χ2n) is 5.21. The van der Waals surface area contributed by atoms with Crippen LogP contribution in [-0.4, -0.2) is 47.4 Å². The number of carboxylic acids is 1. The van der Waals surface area contributed by atoms with Gasteiger partial charge in [-0.15, -0.1) is 0 Å². The number of aliphatic carboxylic acids is 1. The highest BCUT2D eigenvalue weighted by Crippen LogP contribution is 2.12. The van der Waals surface area contributed by atoms with Crippen molar-refractivity contribution < 1.29 is 24.5 Å². The molecule has 0 aromatic carbocycles. The molecule has 0 saturated heterocycles. The van der Waals surface area contributed by atoms with Gasteiger partial charge in [-0.3, -0.25) is 9.59 Å². The maximum absolute atomic E-state index is 11.4. The van der Waals surface area contributed by atoms with E-state index in [9.17, 15) is 9.59 Å². The summed E-state index contributed by atoms with van der Waals surface area (Å²) in [7, 11) is 0. The molecule has 6 nitrogen and oxygen atoms in total. The van der Waals surface area contributed by atoms with Crippen molar-refractivity contribution in [1.29, 1.82) is 0 Å². The van der Waals surface area contributed by atoms with Gasteiger partial charge in [-0.25, -0.2) is 0 Å². The Labute approximate surface area is 114 Å². The zero-order valence-electron chi connectivity index (χ0n) is 11.9. The van der Waals surface area contributed by atoms with Crippen molar-refractivity contribution >= 4 is 11.9 Å². The number of carbonyl (C=O) groups is 2. The van der Waals surface area contributed by atoms with Crippen LogP contribution in [0.25, 0.3) is 0 Å². The fourth-order valence-electron chi connectivity index (χ4n) is 1.42. The number of hydrogen-bond acceptors (Lipinski definition) is 4. The Balaban J connectivity index is 3.67. The van der Waals surface area contributed by atoms with E-state index in [4.69, 9.17) is 14.9 Å². The van der Waals surface area contributed by atoms with Crippen LogP contribution in [0.2, 0.25) is 0 Å². The Bertz CT molecular complexity index is 291. The van der Waals surface area contributed by atoms with Gasteiger partial charge in [0.2, 0.25) is 5.91 Å². The van der Waals surface area contributed by atoms with Crippen LogP contribution in [0.15, 0.2) is 0 Å². The molecule has 0 radical (unpaired) electrons. The first-order valence-corrected chi connectivity index (χ1v) is 6.53. The molecule has 0 saturated carbocycles. The molecule has 112 valence electrons. The third kappa shape index (κ3) is 9.44. The fourth-order valence-corrected chi connectivity index (χ4v) is 1.42. The van der Waals surface area contributed by atoms with Crippen LogP contribution in [0.1, 0.15) is 40.0 Å². The van der Waals surface area contributed by atoms with E-state index in [2.05, 4.69) is 5.32 Å². The van der Waals surface area contributed by atoms with Gasteiger partial charge in [0, 0.05) is 19.6 Å². The Morgan fingerprint density at radius 1 is 1.37 bits per heavy atom. The Morgan fingerprint density at radius 3 is 2.53 bits per heavy atom. The largest absolute Gasteiger partial charge is 0.481 e. The van der Waals surface area contributed by atoms with E-state index in [1.807, 2.05) is 13.8 Å².